The first-order chi connectivity index (χ1) is 14.7. The van der Waals surface area contributed by atoms with E-state index in [-0.39, 0.29) is 0 Å². The number of hydrogen-bond donors (Lipinski definition) is 0. The van der Waals surface area contributed by atoms with Crippen molar-refractivity contribution in [2.45, 2.75) is 38.0 Å². The van der Waals surface area contributed by atoms with E-state index < -0.39 is 5.67 Å². The number of nitrogens with zero attached hydrogens (tertiary/aromatic N) is 1. The lowest BCUT2D eigenvalue weighted by Gasteiger charge is -2.36. The number of aryl methyl sites for hydroxylation is 1. The monoisotopic (exact) mass is 403 g/mol. The van der Waals surface area contributed by atoms with Crippen LogP contribution in [-0.4, -0.2) is 24.5 Å². The SMILES string of the molecule is FC1(c2cccc(OCc3ccccc3)c2)CCN(CCCc2ccccc2)CC1. The number of rotatable bonds is 8. The standard InChI is InChI=1S/C27H30FNO/c28-27(16-19-29(20-17-27)18-8-13-23-9-3-1-4-10-23)25-14-7-15-26(21-25)30-22-24-11-5-2-6-12-24/h1-7,9-12,14-15,21H,8,13,16-20,22H2. The van der Waals surface area contributed by atoms with Crippen LogP contribution >= 0.6 is 0 Å². The fourth-order valence-corrected chi connectivity index (χ4v) is 4.18. The zero-order chi connectivity index (χ0) is 20.7. The first kappa shape index (κ1) is 20.6. The predicted molar refractivity (Wildman–Crippen MR) is 120 cm³/mol. The van der Waals surface area contributed by atoms with Crippen LogP contribution in [0, 0.1) is 0 Å². The van der Waals surface area contributed by atoms with Crippen molar-refractivity contribution in [2.24, 2.45) is 0 Å². The Balaban J connectivity index is 1.28. The highest BCUT2D eigenvalue weighted by molar-refractivity contribution is 5.33. The Bertz CT molecular complexity index is 904. The summed E-state index contributed by atoms with van der Waals surface area (Å²) < 4.78 is 21.6. The lowest BCUT2D eigenvalue weighted by Crippen LogP contribution is -2.40. The van der Waals surface area contributed by atoms with Gasteiger partial charge in [-0.05, 0) is 61.1 Å². The zero-order valence-electron chi connectivity index (χ0n) is 17.5. The molecule has 0 bridgehead atoms. The third-order valence-corrected chi connectivity index (χ3v) is 6.03. The summed E-state index contributed by atoms with van der Waals surface area (Å²) in [5, 5.41) is 0. The van der Waals surface area contributed by atoms with Gasteiger partial charge < -0.3 is 9.64 Å². The molecule has 0 saturated carbocycles. The minimum Gasteiger partial charge on any atom is -0.489 e. The average molecular weight is 404 g/mol. The molecule has 3 aromatic carbocycles. The molecule has 0 atom stereocenters. The Labute approximate surface area is 179 Å². The van der Waals surface area contributed by atoms with Crippen molar-refractivity contribution in [3.63, 3.8) is 0 Å². The van der Waals surface area contributed by atoms with E-state index in [0.717, 1.165) is 49.4 Å². The molecule has 3 aromatic rings. The van der Waals surface area contributed by atoms with E-state index in [1.165, 1.54) is 5.56 Å². The van der Waals surface area contributed by atoms with E-state index in [4.69, 9.17) is 4.74 Å². The number of benzene rings is 3. The summed E-state index contributed by atoms with van der Waals surface area (Å²) in [6.07, 6.45) is 3.28. The Kier molecular flexibility index (Phi) is 6.81. The van der Waals surface area contributed by atoms with Gasteiger partial charge in [-0.15, -0.1) is 0 Å². The topological polar surface area (TPSA) is 12.5 Å². The molecule has 1 aliphatic heterocycles. The molecule has 1 fully saturated rings. The van der Waals surface area contributed by atoms with E-state index in [2.05, 4.69) is 35.2 Å². The van der Waals surface area contributed by atoms with E-state index in [0.29, 0.717) is 19.4 Å². The first-order valence-corrected chi connectivity index (χ1v) is 10.9. The molecule has 156 valence electrons. The lowest BCUT2D eigenvalue weighted by atomic mass is 9.86. The number of hydrogen-bond acceptors (Lipinski definition) is 2. The van der Waals surface area contributed by atoms with Gasteiger partial charge in [-0.1, -0.05) is 72.8 Å². The highest BCUT2D eigenvalue weighted by Gasteiger charge is 2.36. The third-order valence-electron chi connectivity index (χ3n) is 6.03. The van der Waals surface area contributed by atoms with Gasteiger partial charge >= 0.3 is 0 Å². The molecule has 0 radical (unpaired) electrons. The van der Waals surface area contributed by atoms with Gasteiger partial charge in [0.2, 0.25) is 0 Å². The smallest absolute Gasteiger partial charge is 0.138 e. The van der Waals surface area contributed by atoms with E-state index in [1.54, 1.807) is 0 Å². The molecular formula is C27H30FNO. The fraction of sp³-hybridized carbons (Fsp3) is 0.333. The van der Waals surface area contributed by atoms with Gasteiger partial charge in [-0.3, -0.25) is 0 Å². The second-order valence-corrected chi connectivity index (χ2v) is 8.20. The lowest BCUT2D eigenvalue weighted by molar-refractivity contribution is 0.0553. The molecule has 1 saturated heterocycles. The maximum Gasteiger partial charge on any atom is 0.138 e. The van der Waals surface area contributed by atoms with Crippen LogP contribution in [0.4, 0.5) is 4.39 Å². The highest BCUT2D eigenvalue weighted by atomic mass is 19.1. The van der Waals surface area contributed by atoms with Crippen molar-refractivity contribution in [2.75, 3.05) is 19.6 Å². The normalized spacial score (nSPS) is 16.3. The summed E-state index contributed by atoms with van der Waals surface area (Å²) in [5.74, 6) is 0.735. The molecule has 1 aliphatic rings. The highest BCUT2D eigenvalue weighted by Crippen LogP contribution is 2.38. The van der Waals surface area contributed by atoms with E-state index >= 15 is 4.39 Å². The summed E-state index contributed by atoms with van der Waals surface area (Å²) >= 11 is 0. The van der Waals surface area contributed by atoms with E-state index in [9.17, 15) is 0 Å². The van der Waals surface area contributed by atoms with Gasteiger partial charge in [0.05, 0.1) is 0 Å². The molecule has 4 rings (SSSR count). The molecule has 0 spiro atoms. The van der Waals surface area contributed by atoms with Crippen LogP contribution < -0.4 is 4.74 Å². The van der Waals surface area contributed by atoms with Gasteiger partial charge in [-0.2, -0.15) is 0 Å². The van der Waals surface area contributed by atoms with Crippen LogP contribution in [0.1, 0.15) is 36.0 Å². The predicted octanol–water partition coefficient (Wildman–Crippen LogP) is 6.16. The van der Waals surface area contributed by atoms with Crippen LogP contribution in [0.3, 0.4) is 0 Å². The summed E-state index contributed by atoms with van der Waals surface area (Å²) in [7, 11) is 0. The number of alkyl halides is 1. The van der Waals surface area contributed by atoms with Gasteiger partial charge in [0.15, 0.2) is 0 Å². The molecule has 30 heavy (non-hydrogen) atoms. The minimum atomic E-state index is -1.26. The van der Waals surface area contributed by atoms with Crippen LogP contribution in [-0.2, 0) is 18.7 Å². The fourth-order valence-electron chi connectivity index (χ4n) is 4.18. The number of piperidine rings is 1. The zero-order valence-corrected chi connectivity index (χ0v) is 17.5. The van der Waals surface area contributed by atoms with Crippen molar-refractivity contribution < 1.29 is 9.13 Å². The van der Waals surface area contributed by atoms with E-state index in [1.807, 2.05) is 54.6 Å². The minimum absolute atomic E-state index is 0.499. The van der Waals surface area contributed by atoms with Gasteiger partial charge in [-0.25, -0.2) is 4.39 Å². The van der Waals surface area contributed by atoms with Crippen LogP contribution in [0.25, 0.3) is 0 Å². The molecule has 2 nitrogen and oxygen atoms in total. The number of halogens is 1. The Morgan fingerprint density at radius 1 is 0.800 bits per heavy atom. The van der Waals surface area contributed by atoms with Crippen LogP contribution in [0.2, 0.25) is 0 Å². The van der Waals surface area contributed by atoms with Gasteiger partial charge in [0.25, 0.3) is 0 Å². The Hall–Kier alpha value is -2.65. The Morgan fingerprint density at radius 3 is 2.17 bits per heavy atom. The molecule has 0 unspecified atom stereocenters. The molecule has 0 aromatic heterocycles. The van der Waals surface area contributed by atoms with Crippen LogP contribution in [0.5, 0.6) is 5.75 Å². The number of ether oxygens (including phenoxy) is 1. The maximum absolute atomic E-state index is 15.7. The molecule has 0 N–H and O–H groups in total. The average Bonchev–Trinajstić information content (AvgIpc) is 2.81. The summed E-state index contributed by atoms with van der Waals surface area (Å²) in [6, 6.07) is 28.2. The number of likely N-dealkylation sites (tertiary alicyclic amines) is 1. The quantitative estimate of drug-likeness (QED) is 0.447. The van der Waals surface area contributed by atoms with Crippen molar-refractivity contribution in [3.05, 3.63) is 102 Å². The first-order valence-electron chi connectivity index (χ1n) is 10.9. The second-order valence-electron chi connectivity index (χ2n) is 8.20. The second kappa shape index (κ2) is 9.90. The molecule has 3 heteroatoms. The summed E-state index contributed by atoms with van der Waals surface area (Å²) in [6.45, 7) is 3.14. The van der Waals surface area contributed by atoms with Crippen molar-refractivity contribution in [1.29, 1.82) is 0 Å². The van der Waals surface area contributed by atoms with Crippen LogP contribution in [0.15, 0.2) is 84.9 Å². The van der Waals surface area contributed by atoms with Crippen molar-refractivity contribution in [3.8, 4) is 5.75 Å². The molecule has 1 heterocycles. The largest absolute Gasteiger partial charge is 0.489 e. The molecule has 0 aliphatic carbocycles. The third kappa shape index (κ3) is 5.48. The molecular weight excluding hydrogens is 373 g/mol. The van der Waals surface area contributed by atoms with Crippen molar-refractivity contribution in [1.82, 2.24) is 4.90 Å². The molecule has 0 amide bonds. The summed E-state index contributed by atoms with van der Waals surface area (Å²) in [4.78, 5) is 2.40. The summed E-state index contributed by atoms with van der Waals surface area (Å²) in [5.41, 5.74) is 1.97. The van der Waals surface area contributed by atoms with Crippen molar-refractivity contribution >= 4 is 0 Å². The Morgan fingerprint density at radius 2 is 1.47 bits per heavy atom. The maximum atomic E-state index is 15.7. The van der Waals surface area contributed by atoms with Gasteiger partial charge in [0.1, 0.15) is 18.0 Å². The van der Waals surface area contributed by atoms with Gasteiger partial charge in [0, 0.05) is 13.1 Å².